The average Bonchev–Trinajstić information content (AvgIpc) is 2.36. The molecule has 1 aliphatic heterocycles. The molecule has 1 amide bonds. The lowest BCUT2D eigenvalue weighted by atomic mass is 10.2. The molecule has 1 rings (SSSR count). The predicted molar refractivity (Wildman–Crippen MR) is 45.7 cm³/mol. The van der Waals surface area contributed by atoms with Crippen molar-refractivity contribution in [1.82, 2.24) is 10.2 Å². The summed E-state index contributed by atoms with van der Waals surface area (Å²) in [6, 6.07) is 0.286. The van der Waals surface area contributed by atoms with Gasteiger partial charge < -0.3 is 15.3 Å². The molecule has 2 N–H and O–H groups in total. The van der Waals surface area contributed by atoms with Crippen LogP contribution in [0.15, 0.2) is 0 Å². The number of likely N-dealkylation sites (N-methyl/N-ethyl adjacent to an activating group) is 1. The van der Waals surface area contributed by atoms with E-state index >= 15 is 0 Å². The van der Waals surface area contributed by atoms with E-state index in [-0.39, 0.29) is 25.0 Å². The number of nitrogens with zero attached hydrogens (tertiary/aromatic N) is 1. The van der Waals surface area contributed by atoms with Crippen molar-refractivity contribution < 1.29 is 9.90 Å². The van der Waals surface area contributed by atoms with Crippen molar-refractivity contribution in [1.29, 1.82) is 0 Å². The number of nitrogens with one attached hydrogen (secondary N) is 1. The predicted octanol–water partition coefficient (Wildman–Crippen LogP) is -0.811. The van der Waals surface area contributed by atoms with E-state index in [4.69, 9.17) is 5.11 Å². The smallest absolute Gasteiger partial charge is 0.222 e. The number of hydrogen-bond donors (Lipinski definition) is 2. The van der Waals surface area contributed by atoms with Crippen LogP contribution in [-0.4, -0.2) is 48.7 Å². The molecule has 0 bridgehead atoms. The summed E-state index contributed by atoms with van der Waals surface area (Å²) >= 11 is 0. The number of likely N-dealkylation sites (tertiary alicyclic amines) is 1. The summed E-state index contributed by atoms with van der Waals surface area (Å²) in [5, 5.41) is 11.4. The van der Waals surface area contributed by atoms with Gasteiger partial charge in [-0.25, -0.2) is 0 Å². The molecule has 70 valence electrons. The van der Waals surface area contributed by atoms with Gasteiger partial charge in [0.1, 0.15) is 0 Å². The maximum Gasteiger partial charge on any atom is 0.222 e. The molecule has 0 aliphatic carbocycles. The first-order valence-electron chi connectivity index (χ1n) is 4.31. The van der Waals surface area contributed by atoms with Crippen LogP contribution in [0.1, 0.15) is 12.8 Å². The van der Waals surface area contributed by atoms with Crippen LogP contribution in [0.4, 0.5) is 0 Å². The quantitative estimate of drug-likeness (QED) is 0.585. The largest absolute Gasteiger partial charge is 0.396 e. The van der Waals surface area contributed by atoms with Crippen LogP contribution in [0.3, 0.4) is 0 Å². The molecule has 4 nitrogen and oxygen atoms in total. The molecule has 1 atom stereocenters. The summed E-state index contributed by atoms with van der Waals surface area (Å²) in [5.41, 5.74) is 0. The molecule has 4 heteroatoms. The lowest BCUT2D eigenvalue weighted by Crippen LogP contribution is -2.36. The lowest BCUT2D eigenvalue weighted by molar-refractivity contribution is -0.122. The molecule has 0 radical (unpaired) electrons. The van der Waals surface area contributed by atoms with Gasteiger partial charge in [0.2, 0.25) is 5.91 Å². The van der Waals surface area contributed by atoms with Gasteiger partial charge in [-0.3, -0.25) is 4.79 Å². The van der Waals surface area contributed by atoms with E-state index in [1.54, 1.807) is 0 Å². The van der Waals surface area contributed by atoms with Gasteiger partial charge in [0.05, 0.1) is 6.61 Å². The van der Waals surface area contributed by atoms with E-state index < -0.39 is 0 Å². The Morgan fingerprint density at radius 1 is 1.75 bits per heavy atom. The Morgan fingerprint density at radius 3 is 3.00 bits per heavy atom. The van der Waals surface area contributed by atoms with Crippen LogP contribution >= 0.6 is 0 Å². The zero-order chi connectivity index (χ0) is 8.97. The van der Waals surface area contributed by atoms with E-state index in [1.807, 2.05) is 7.05 Å². The van der Waals surface area contributed by atoms with Crippen LogP contribution in [0.5, 0.6) is 0 Å². The zero-order valence-electron chi connectivity index (χ0n) is 7.42. The van der Waals surface area contributed by atoms with Crippen molar-refractivity contribution >= 4 is 5.91 Å². The number of aliphatic hydroxyl groups is 1. The van der Waals surface area contributed by atoms with Crippen molar-refractivity contribution in [2.24, 2.45) is 0 Å². The summed E-state index contributed by atoms with van der Waals surface area (Å²) in [4.78, 5) is 13.2. The zero-order valence-corrected chi connectivity index (χ0v) is 7.42. The number of carbonyl (C=O) groups excluding carboxylic acids is 1. The third kappa shape index (κ3) is 2.79. The molecule has 1 heterocycles. The lowest BCUT2D eigenvalue weighted by Gasteiger charge is -2.11. The van der Waals surface area contributed by atoms with Crippen molar-refractivity contribution in [2.45, 2.75) is 18.9 Å². The van der Waals surface area contributed by atoms with Crippen molar-refractivity contribution in [3.63, 3.8) is 0 Å². The van der Waals surface area contributed by atoms with Gasteiger partial charge in [0.25, 0.3) is 0 Å². The first-order valence-corrected chi connectivity index (χ1v) is 4.31. The van der Waals surface area contributed by atoms with E-state index in [9.17, 15) is 4.79 Å². The molecule has 0 aromatic rings. The molecule has 0 aromatic heterocycles. The maximum absolute atomic E-state index is 11.0. The van der Waals surface area contributed by atoms with Gasteiger partial charge in [0, 0.05) is 19.0 Å². The van der Waals surface area contributed by atoms with Crippen molar-refractivity contribution in [2.75, 3.05) is 26.7 Å². The summed E-state index contributed by atoms with van der Waals surface area (Å²) in [6.45, 7) is 1.91. The normalized spacial score (nSPS) is 24.3. The fourth-order valence-corrected chi connectivity index (χ4v) is 1.45. The third-order valence-electron chi connectivity index (χ3n) is 2.10. The minimum absolute atomic E-state index is 0.0437. The summed E-state index contributed by atoms with van der Waals surface area (Å²) < 4.78 is 0. The second-order valence-corrected chi connectivity index (χ2v) is 3.29. The monoisotopic (exact) mass is 172 g/mol. The van der Waals surface area contributed by atoms with Gasteiger partial charge in [-0.05, 0) is 20.0 Å². The highest BCUT2D eigenvalue weighted by atomic mass is 16.3. The van der Waals surface area contributed by atoms with Gasteiger partial charge in [-0.2, -0.15) is 0 Å². The van der Waals surface area contributed by atoms with Crippen molar-refractivity contribution in [3.05, 3.63) is 0 Å². The second kappa shape index (κ2) is 4.42. The summed E-state index contributed by atoms with van der Waals surface area (Å²) in [6.07, 6.45) is 1.24. The molecule has 1 saturated heterocycles. The number of carbonyl (C=O) groups is 1. The number of rotatable bonds is 3. The fourth-order valence-electron chi connectivity index (χ4n) is 1.45. The third-order valence-corrected chi connectivity index (χ3v) is 2.10. The Hall–Kier alpha value is -0.610. The minimum atomic E-state index is -0.0611. The number of amides is 1. The maximum atomic E-state index is 11.0. The Bertz CT molecular complexity index is 161. The summed E-state index contributed by atoms with van der Waals surface area (Å²) in [5.74, 6) is -0.0437. The average molecular weight is 172 g/mol. The highest BCUT2D eigenvalue weighted by molar-refractivity contribution is 5.76. The van der Waals surface area contributed by atoms with Crippen LogP contribution in [0, 0.1) is 0 Å². The molecule has 0 saturated carbocycles. The van der Waals surface area contributed by atoms with E-state index in [2.05, 4.69) is 10.2 Å². The highest BCUT2D eigenvalue weighted by Crippen LogP contribution is 2.05. The summed E-state index contributed by atoms with van der Waals surface area (Å²) in [7, 11) is 2.04. The first kappa shape index (κ1) is 9.48. The Balaban J connectivity index is 2.18. The van der Waals surface area contributed by atoms with Gasteiger partial charge >= 0.3 is 0 Å². The molecule has 12 heavy (non-hydrogen) atoms. The van der Waals surface area contributed by atoms with E-state index in [0.717, 1.165) is 19.5 Å². The molecular weight excluding hydrogens is 156 g/mol. The van der Waals surface area contributed by atoms with Gasteiger partial charge in [-0.1, -0.05) is 0 Å². The van der Waals surface area contributed by atoms with Gasteiger partial charge in [-0.15, -0.1) is 0 Å². The standard InChI is InChI=1S/C8H16N2O2/c1-10-4-2-7(6-10)9-8(12)3-5-11/h7,11H,2-6H2,1H3,(H,9,12). The van der Waals surface area contributed by atoms with Crippen LogP contribution < -0.4 is 5.32 Å². The Kier molecular flexibility index (Phi) is 3.49. The molecule has 1 fully saturated rings. The highest BCUT2D eigenvalue weighted by Gasteiger charge is 2.20. The second-order valence-electron chi connectivity index (χ2n) is 3.29. The van der Waals surface area contributed by atoms with Crippen LogP contribution in [0.25, 0.3) is 0 Å². The SMILES string of the molecule is CN1CCC(NC(=O)CCO)C1. The molecule has 1 unspecified atom stereocenters. The van der Waals surface area contributed by atoms with Gasteiger partial charge in [0.15, 0.2) is 0 Å². The number of aliphatic hydroxyl groups excluding tert-OH is 1. The Labute approximate surface area is 72.6 Å². The minimum Gasteiger partial charge on any atom is -0.396 e. The molecule has 0 aromatic carbocycles. The molecule has 0 spiro atoms. The first-order chi connectivity index (χ1) is 5.72. The van der Waals surface area contributed by atoms with E-state index in [0.29, 0.717) is 0 Å². The molecular formula is C8H16N2O2. The Morgan fingerprint density at radius 2 is 2.50 bits per heavy atom. The van der Waals surface area contributed by atoms with E-state index in [1.165, 1.54) is 0 Å². The fraction of sp³-hybridized carbons (Fsp3) is 0.875. The van der Waals surface area contributed by atoms with Crippen molar-refractivity contribution in [3.8, 4) is 0 Å². The number of hydrogen-bond acceptors (Lipinski definition) is 3. The van der Waals surface area contributed by atoms with Crippen LogP contribution in [0.2, 0.25) is 0 Å². The molecule has 1 aliphatic rings. The van der Waals surface area contributed by atoms with Crippen LogP contribution in [-0.2, 0) is 4.79 Å². The topological polar surface area (TPSA) is 52.6 Å².